The van der Waals surface area contributed by atoms with E-state index in [9.17, 15) is 15.3 Å². The Morgan fingerprint density at radius 3 is 2.64 bits per heavy atom. The number of nitrogens with zero attached hydrogens (tertiary/aromatic N) is 6. The maximum atomic E-state index is 10.4. The summed E-state index contributed by atoms with van der Waals surface area (Å²) in [6.07, 6.45) is 1.68. The van der Waals surface area contributed by atoms with E-state index in [1.165, 1.54) is 0 Å². The van der Waals surface area contributed by atoms with Crippen LogP contribution in [0, 0.1) is 0 Å². The molecular weight excluding hydrogens is 496 g/mol. The Morgan fingerprint density at radius 1 is 1.08 bits per heavy atom. The fraction of sp³-hybridized carbons (Fsp3) is 0.448. The van der Waals surface area contributed by atoms with Gasteiger partial charge in [0.2, 0.25) is 0 Å². The normalized spacial score (nSPS) is 16.9. The van der Waals surface area contributed by atoms with Crippen molar-refractivity contribution in [3.05, 3.63) is 60.3 Å². The lowest BCUT2D eigenvalue weighted by molar-refractivity contribution is 0.0379. The van der Waals surface area contributed by atoms with Crippen molar-refractivity contribution in [1.82, 2.24) is 19.8 Å². The fourth-order valence-electron chi connectivity index (χ4n) is 5.38. The quantitative estimate of drug-likeness (QED) is 0.334. The van der Waals surface area contributed by atoms with Gasteiger partial charge in [-0.15, -0.1) is 0 Å². The molecule has 5 rings (SSSR count). The van der Waals surface area contributed by atoms with Crippen LogP contribution in [0.5, 0.6) is 11.8 Å². The number of aromatic hydroxyl groups is 1. The summed E-state index contributed by atoms with van der Waals surface area (Å²) < 4.78 is 6.03. The van der Waals surface area contributed by atoms with Gasteiger partial charge in [0, 0.05) is 68.5 Å². The molecule has 10 nitrogen and oxygen atoms in total. The van der Waals surface area contributed by atoms with E-state index in [4.69, 9.17) is 14.7 Å². The molecule has 3 aromatic rings. The second-order valence-corrected chi connectivity index (χ2v) is 10.2. The number of anilines is 2. The van der Waals surface area contributed by atoms with Crippen molar-refractivity contribution < 1.29 is 20.1 Å². The van der Waals surface area contributed by atoms with Gasteiger partial charge in [-0.1, -0.05) is 30.8 Å². The Kier molecular flexibility index (Phi) is 8.47. The van der Waals surface area contributed by atoms with Crippen LogP contribution in [0.4, 0.5) is 11.5 Å². The Morgan fingerprint density at radius 2 is 1.87 bits per heavy atom. The molecule has 0 amide bonds. The van der Waals surface area contributed by atoms with Crippen LogP contribution in [0.25, 0.3) is 10.8 Å². The molecule has 2 aliphatic rings. The minimum atomic E-state index is -0.646. The fourth-order valence-corrected chi connectivity index (χ4v) is 5.38. The van der Waals surface area contributed by atoms with Crippen molar-refractivity contribution in [2.45, 2.75) is 19.2 Å². The molecule has 0 bridgehead atoms. The van der Waals surface area contributed by atoms with E-state index in [1.54, 1.807) is 12.1 Å². The average Bonchev–Trinajstić information content (AvgIpc) is 2.95. The molecule has 0 spiro atoms. The molecule has 3 heterocycles. The third-order valence-electron chi connectivity index (χ3n) is 7.57. The summed E-state index contributed by atoms with van der Waals surface area (Å²) in [7, 11) is 1.94. The molecule has 3 N–H and O–H groups in total. The smallest absolute Gasteiger partial charge is 0.318 e. The highest BCUT2D eigenvalue weighted by molar-refractivity contribution is 5.95. The number of phenolic OH excluding ortho intramolecular Hbond substituents is 1. The van der Waals surface area contributed by atoms with Gasteiger partial charge in [0.25, 0.3) is 0 Å². The molecule has 0 saturated carbocycles. The molecule has 2 aromatic carbocycles. The molecule has 0 radical (unpaired) electrons. The lowest BCUT2D eigenvalue weighted by atomic mass is 10.0. The number of likely N-dealkylation sites (N-methyl/N-ethyl adjacent to an activating group) is 1. The standard InChI is InChI=1S/C29H38N6O4/c1-3-27(38)33-10-12-34(13-11-33)28-24-8-9-35(26-19-22(37)18-21-6-4-5-7-23(21)26)20-25(24)30-29(31-28)39-17-15-32(2)14-16-36/h3-7,18-19,27,36-38H,1,8-17,20H2,2H3. The molecule has 10 heteroatoms. The topological polar surface area (TPSA) is 109 Å². The van der Waals surface area contributed by atoms with Gasteiger partial charge in [0.05, 0.1) is 18.8 Å². The number of hydrogen-bond donors (Lipinski definition) is 3. The van der Waals surface area contributed by atoms with Gasteiger partial charge in [0.15, 0.2) is 0 Å². The monoisotopic (exact) mass is 534 g/mol. The predicted molar refractivity (Wildman–Crippen MR) is 152 cm³/mol. The van der Waals surface area contributed by atoms with Crippen LogP contribution >= 0.6 is 0 Å². The molecule has 1 fully saturated rings. The largest absolute Gasteiger partial charge is 0.508 e. The van der Waals surface area contributed by atoms with Crippen LogP contribution < -0.4 is 14.5 Å². The zero-order chi connectivity index (χ0) is 27.4. The number of aliphatic hydroxyl groups is 2. The summed E-state index contributed by atoms with van der Waals surface area (Å²) in [5.41, 5.74) is 3.03. The number of ether oxygens (including phenoxy) is 1. The van der Waals surface area contributed by atoms with E-state index in [1.807, 2.05) is 41.1 Å². The Labute approximate surface area is 229 Å². The van der Waals surface area contributed by atoms with Crippen LogP contribution in [0.2, 0.25) is 0 Å². The summed E-state index contributed by atoms with van der Waals surface area (Å²) in [6, 6.07) is 12.1. The average molecular weight is 535 g/mol. The highest BCUT2D eigenvalue weighted by Crippen LogP contribution is 2.36. The van der Waals surface area contributed by atoms with E-state index in [0.717, 1.165) is 59.6 Å². The number of rotatable bonds is 10. The van der Waals surface area contributed by atoms with Crippen LogP contribution in [0.1, 0.15) is 11.3 Å². The van der Waals surface area contributed by atoms with E-state index < -0.39 is 6.23 Å². The molecule has 39 heavy (non-hydrogen) atoms. The second-order valence-electron chi connectivity index (χ2n) is 10.2. The highest BCUT2D eigenvalue weighted by Gasteiger charge is 2.29. The van der Waals surface area contributed by atoms with E-state index in [0.29, 0.717) is 45.3 Å². The van der Waals surface area contributed by atoms with Gasteiger partial charge >= 0.3 is 6.01 Å². The maximum absolute atomic E-state index is 10.4. The van der Waals surface area contributed by atoms with Gasteiger partial charge in [-0.25, -0.2) is 0 Å². The van der Waals surface area contributed by atoms with Crippen molar-refractivity contribution in [2.75, 3.05) is 75.9 Å². The first-order valence-corrected chi connectivity index (χ1v) is 13.5. The van der Waals surface area contributed by atoms with Gasteiger partial charge in [-0.3, -0.25) is 4.90 Å². The summed E-state index contributed by atoms with van der Waals surface area (Å²) in [4.78, 5) is 18.2. The molecule has 0 aliphatic carbocycles. The van der Waals surface area contributed by atoms with Gasteiger partial charge in [-0.2, -0.15) is 9.97 Å². The zero-order valence-electron chi connectivity index (χ0n) is 22.5. The lowest BCUT2D eigenvalue weighted by Crippen LogP contribution is -2.50. The van der Waals surface area contributed by atoms with Crippen LogP contribution in [-0.2, 0) is 13.0 Å². The zero-order valence-corrected chi connectivity index (χ0v) is 22.5. The minimum Gasteiger partial charge on any atom is -0.508 e. The van der Waals surface area contributed by atoms with Crippen LogP contribution in [-0.4, -0.2) is 107 Å². The maximum Gasteiger partial charge on any atom is 0.318 e. The van der Waals surface area contributed by atoms with E-state index >= 15 is 0 Å². The Balaban J connectivity index is 1.43. The molecule has 208 valence electrons. The number of piperazine rings is 1. The first kappa shape index (κ1) is 27.1. The van der Waals surface area contributed by atoms with E-state index in [2.05, 4.69) is 22.4 Å². The third-order valence-corrected chi connectivity index (χ3v) is 7.57. The van der Waals surface area contributed by atoms with Gasteiger partial charge in [0.1, 0.15) is 24.4 Å². The number of aliphatic hydroxyl groups excluding tert-OH is 2. The molecule has 1 saturated heterocycles. The number of benzene rings is 2. The Hall–Kier alpha value is -3.44. The van der Waals surface area contributed by atoms with Gasteiger partial charge < -0.3 is 34.8 Å². The first-order chi connectivity index (χ1) is 19.0. The first-order valence-electron chi connectivity index (χ1n) is 13.5. The summed E-state index contributed by atoms with van der Waals surface area (Å²) in [5, 5.41) is 31.9. The molecule has 2 aliphatic heterocycles. The summed E-state index contributed by atoms with van der Waals surface area (Å²) in [6.45, 7) is 9.67. The number of hydrogen-bond acceptors (Lipinski definition) is 10. The lowest BCUT2D eigenvalue weighted by Gasteiger charge is -2.39. The second kappa shape index (κ2) is 12.2. The molecule has 1 atom stereocenters. The van der Waals surface area contributed by atoms with Crippen LogP contribution in [0.3, 0.4) is 0 Å². The predicted octanol–water partition coefficient (Wildman–Crippen LogP) is 1.83. The van der Waals surface area contributed by atoms with Crippen molar-refractivity contribution in [2.24, 2.45) is 0 Å². The van der Waals surface area contributed by atoms with Gasteiger partial charge in [-0.05, 0) is 31.0 Å². The minimum absolute atomic E-state index is 0.0993. The number of aromatic nitrogens is 2. The molecular formula is C29H38N6O4. The van der Waals surface area contributed by atoms with Crippen molar-refractivity contribution in [3.8, 4) is 11.8 Å². The van der Waals surface area contributed by atoms with Crippen molar-refractivity contribution in [3.63, 3.8) is 0 Å². The van der Waals surface area contributed by atoms with Crippen molar-refractivity contribution in [1.29, 1.82) is 0 Å². The number of fused-ring (bicyclic) bond motifs is 2. The summed E-state index contributed by atoms with van der Waals surface area (Å²) in [5.74, 6) is 1.14. The van der Waals surface area contributed by atoms with E-state index in [-0.39, 0.29) is 12.4 Å². The molecule has 1 aromatic heterocycles. The number of phenols is 1. The Bertz CT molecular complexity index is 1300. The molecule has 1 unspecified atom stereocenters. The highest BCUT2D eigenvalue weighted by atomic mass is 16.5. The SMILES string of the molecule is C=CC(O)N1CCN(c2nc(OCCN(C)CCO)nc3c2CCN(c2cc(O)cc4ccccc24)C3)CC1. The van der Waals surface area contributed by atoms with Crippen LogP contribution in [0.15, 0.2) is 49.1 Å². The third kappa shape index (κ3) is 6.09. The van der Waals surface area contributed by atoms with Crippen molar-refractivity contribution >= 4 is 22.3 Å². The summed E-state index contributed by atoms with van der Waals surface area (Å²) >= 11 is 0.